The Labute approximate surface area is 106 Å². The zero-order chi connectivity index (χ0) is 13.9. The molecule has 98 valence electrons. The number of pyridine rings is 1. The summed E-state index contributed by atoms with van der Waals surface area (Å²) in [7, 11) is 0. The van der Waals surface area contributed by atoms with E-state index < -0.39 is 30.6 Å². The molecule has 4 N–H and O–H groups in total. The van der Waals surface area contributed by atoms with Crippen molar-refractivity contribution in [2.75, 3.05) is 0 Å². The average Bonchev–Trinajstić information content (AvgIpc) is 2.26. The van der Waals surface area contributed by atoms with Crippen molar-refractivity contribution in [1.29, 1.82) is 0 Å². The summed E-state index contributed by atoms with van der Waals surface area (Å²) in [4.78, 5) is 24.9. The van der Waals surface area contributed by atoms with Crippen LogP contribution in [0.4, 0.5) is 0 Å². The number of aliphatic hydroxyl groups excluding tert-OH is 2. The first-order valence-corrected chi connectivity index (χ1v) is 5.17. The van der Waals surface area contributed by atoms with Gasteiger partial charge >= 0.3 is 11.9 Å². The van der Waals surface area contributed by atoms with Gasteiger partial charge in [-0.3, -0.25) is 4.79 Å². The molecule has 0 aliphatic heterocycles. The number of halogens is 1. The average molecular weight is 276 g/mol. The maximum Gasteiger partial charge on any atom is 0.336 e. The van der Waals surface area contributed by atoms with E-state index in [1.807, 2.05) is 0 Å². The van der Waals surface area contributed by atoms with Crippen LogP contribution in [0, 0.1) is 0 Å². The fraction of sp³-hybridized carbons (Fsp3) is 0.300. The first kappa shape index (κ1) is 14.4. The minimum absolute atomic E-state index is 0.0870. The number of hydrogen-bond acceptors (Lipinski definition) is 5. The second-order valence-electron chi connectivity index (χ2n) is 3.51. The summed E-state index contributed by atoms with van der Waals surface area (Å²) in [5.74, 6) is -2.68. The van der Waals surface area contributed by atoms with Crippen LogP contribution in [0.2, 0.25) is 5.15 Å². The Hall–Kier alpha value is -1.70. The van der Waals surface area contributed by atoms with E-state index in [-0.39, 0.29) is 16.3 Å². The lowest BCUT2D eigenvalue weighted by Crippen LogP contribution is -2.23. The van der Waals surface area contributed by atoms with E-state index in [1.54, 1.807) is 0 Å². The first-order valence-electron chi connectivity index (χ1n) is 4.79. The standard InChI is InChI=1S/C10H10ClNO6/c11-7-1-4(10(17)18)5(3-12-7)9(16)6(13)2-8(14)15/h1,3,6,9,13,16H,2H2,(H,14,15)(H,17,18). The van der Waals surface area contributed by atoms with Crippen molar-refractivity contribution in [2.45, 2.75) is 18.6 Å². The summed E-state index contributed by atoms with van der Waals surface area (Å²) in [6, 6.07) is 1.01. The van der Waals surface area contributed by atoms with Gasteiger partial charge in [0.05, 0.1) is 18.1 Å². The number of aliphatic hydroxyl groups is 2. The minimum Gasteiger partial charge on any atom is -0.481 e. The van der Waals surface area contributed by atoms with E-state index in [0.29, 0.717) is 0 Å². The van der Waals surface area contributed by atoms with E-state index in [0.717, 1.165) is 12.3 Å². The number of rotatable bonds is 5. The predicted octanol–water partition coefficient (Wildman–Crippen LogP) is 0.302. The summed E-state index contributed by atoms with van der Waals surface area (Å²) in [5, 5.41) is 36.4. The molecule has 18 heavy (non-hydrogen) atoms. The highest BCUT2D eigenvalue weighted by Crippen LogP contribution is 2.24. The van der Waals surface area contributed by atoms with Gasteiger partial charge in [0.2, 0.25) is 0 Å². The number of aromatic nitrogens is 1. The SMILES string of the molecule is O=C(O)CC(O)C(O)c1cnc(Cl)cc1C(=O)O. The normalized spacial score (nSPS) is 13.9. The molecule has 0 saturated heterocycles. The number of nitrogens with zero attached hydrogens (tertiary/aromatic N) is 1. The first-order chi connectivity index (χ1) is 8.32. The van der Waals surface area contributed by atoms with Crippen molar-refractivity contribution in [1.82, 2.24) is 4.98 Å². The highest BCUT2D eigenvalue weighted by molar-refractivity contribution is 6.29. The lowest BCUT2D eigenvalue weighted by atomic mass is 9.99. The number of carbonyl (C=O) groups is 2. The van der Waals surface area contributed by atoms with E-state index in [2.05, 4.69) is 4.98 Å². The Balaban J connectivity index is 3.08. The number of carboxylic acids is 2. The van der Waals surface area contributed by atoms with Crippen LogP contribution in [-0.2, 0) is 4.79 Å². The largest absolute Gasteiger partial charge is 0.481 e. The Bertz CT molecular complexity index is 477. The molecule has 1 heterocycles. The van der Waals surface area contributed by atoms with Gasteiger partial charge in [-0.2, -0.15) is 0 Å². The third-order valence-electron chi connectivity index (χ3n) is 2.20. The van der Waals surface area contributed by atoms with Crippen LogP contribution in [0.5, 0.6) is 0 Å². The molecule has 0 aromatic carbocycles. The minimum atomic E-state index is -1.67. The second kappa shape index (κ2) is 5.76. The molecule has 1 aromatic heterocycles. The molecular formula is C10H10ClNO6. The monoisotopic (exact) mass is 275 g/mol. The number of carboxylic acid groups (broad SMARTS) is 2. The van der Waals surface area contributed by atoms with Crippen molar-refractivity contribution >= 4 is 23.5 Å². The van der Waals surface area contributed by atoms with Crippen molar-refractivity contribution in [3.63, 3.8) is 0 Å². The summed E-state index contributed by atoms with van der Waals surface area (Å²) in [5.41, 5.74) is -0.535. The molecule has 7 nitrogen and oxygen atoms in total. The van der Waals surface area contributed by atoms with E-state index in [4.69, 9.17) is 21.8 Å². The Kier molecular flexibility index (Phi) is 4.60. The molecule has 0 radical (unpaired) electrons. The van der Waals surface area contributed by atoms with Crippen LogP contribution in [0.25, 0.3) is 0 Å². The number of aliphatic carboxylic acids is 1. The molecule has 0 amide bonds. The van der Waals surface area contributed by atoms with Gasteiger partial charge in [0.25, 0.3) is 0 Å². The Morgan fingerprint density at radius 2 is 1.94 bits per heavy atom. The van der Waals surface area contributed by atoms with Gasteiger partial charge in [0.15, 0.2) is 0 Å². The van der Waals surface area contributed by atoms with Gasteiger partial charge in [0, 0.05) is 11.8 Å². The topological polar surface area (TPSA) is 128 Å². The third kappa shape index (κ3) is 3.39. The maximum absolute atomic E-state index is 10.9. The van der Waals surface area contributed by atoms with Crippen molar-refractivity contribution in [3.05, 3.63) is 28.5 Å². The number of hydrogen-bond donors (Lipinski definition) is 4. The van der Waals surface area contributed by atoms with Gasteiger partial charge in [-0.05, 0) is 6.07 Å². The van der Waals surface area contributed by atoms with Gasteiger partial charge in [-0.15, -0.1) is 0 Å². The van der Waals surface area contributed by atoms with Gasteiger partial charge in [0.1, 0.15) is 11.3 Å². The van der Waals surface area contributed by atoms with Crippen LogP contribution >= 0.6 is 11.6 Å². The van der Waals surface area contributed by atoms with E-state index in [1.165, 1.54) is 0 Å². The van der Waals surface area contributed by atoms with E-state index in [9.17, 15) is 19.8 Å². The summed E-state index contributed by atoms with van der Waals surface area (Å²) < 4.78 is 0. The molecule has 2 atom stereocenters. The molecular weight excluding hydrogens is 266 g/mol. The quantitative estimate of drug-likeness (QED) is 0.569. The molecule has 0 bridgehead atoms. The van der Waals surface area contributed by atoms with Gasteiger partial charge < -0.3 is 20.4 Å². The molecule has 0 spiro atoms. The third-order valence-corrected chi connectivity index (χ3v) is 2.41. The molecule has 0 fully saturated rings. The Morgan fingerprint density at radius 1 is 1.33 bits per heavy atom. The molecule has 0 aliphatic rings. The van der Waals surface area contributed by atoms with Crippen LogP contribution in [0.3, 0.4) is 0 Å². The van der Waals surface area contributed by atoms with Crippen molar-refractivity contribution in [3.8, 4) is 0 Å². The number of aromatic carboxylic acids is 1. The van der Waals surface area contributed by atoms with Crippen LogP contribution < -0.4 is 0 Å². The lowest BCUT2D eigenvalue weighted by molar-refractivity contribution is -0.141. The van der Waals surface area contributed by atoms with Crippen LogP contribution in [0.15, 0.2) is 12.3 Å². The molecule has 1 aromatic rings. The predicted molar refractivity (Wildman–Crippen MR) is 59.4 cm³/mol. The van der Waals surface area contributed by atoms with Crippen molar-refractivity contribution < 1.29 is 30.0 Å². The van der Waals surface area contributed by atoms with Gasteiger partial charge in [-0.1, -0.05) is 11.6 Å². The molecule has 0 saturated carbocycles. The van der Waals surface area contributed by atoms with E-state index >= 15 is 0 Å². The molecule has 2 unspecified atom stereocenters. The zero-order valence-corrected chi connectivity index (χ0v) is 9.70. The highest BCUT2D eigenvalue weighted by Gasteiger charge is 2.26. The smallest absolute Gasteiger partial charge is 0.336 e. The highest BCUT2D eigenvalue weighted by atomic mass is 35.5. The zero-order valence-electron chi connectivity index (χ0n) is 8.95. The Morgan fingerprint density at radius 3 is 2.44 bits per heavy atom. The summed E-state index contributed by atoms with van der Waals surface area (Å²) in [6.07, 6.45) is -3.04. The van der Waals surface area contributed by atoms with Crippen molar-refractivity contribution in [2.24, 2.45) is 0 Å². The lowest BCUT2D eigenvalue weighted by Gasteiger charge is -2.17. The molecule has 1 rings (SSSR count). The molecule has 0 aliphatic carbocycles. The fourth-order valence-electron chi connectivity index (χ4n) is 1.36. The maximum atomic E-state index is 10.9. The summed E-state index contributed by atoms with van der Waals surface area (Å²) >= 11 is 5.52. The van der Waals surface area contributed by atoms with Crippen LogP contribution in [0.1, 0.15) is 28.4 Å². The molecule has 8 heteroatoms. The second-order valence-corrected chi connectivity index (χ2v) is 3.90. The van der Waals surface area contributed by atoms with Gasteiger partial charge in [-0.25, -0.2) is 9.78 Å². The summed E-state index contributed by atoms with van der Waals surface area (Å²) in [6.45, 7) is 0. The fourth-order valence-corrected chi connectivity index (χ4v) is 1.52. The van der Waals surface area contributed by atoms with Crippen LogP contribution in [-0.4, -0.2) is 43.5 Å².